The number of carbonyl (C=O) groups is 1. The SMILES string of the molecule is COCCCC(=O)N(C)CC(C)C(N)=S. The molecule has 1 amide bonds. The van der Waals surface area contributed by atoms with Gasteiger partial charge in [-0.2, -0.15) is 0 Å². The van der Waals surface area contributed by atoms with E-state index in [1.54, 1.807) is 19.1 Å². The Bertz CT molecular complexity index is 221. The molecule has 0 aromatic heterocycles. The minimum Gasteiger partial charge on any atom is -0.393 e. The van der Waals surface area contributed by atoms with E-state index in [0.717, 1.165) is 6.42 Å². The second kappa shape index (κ2) is 7.59. The van der Waals surface area contributed by atoms with Crippen LogP contribution in [-0.2, 0) is 9.53 Å². The lowest BCUT2D eigenvalue weighted by molar-refractivity contribution is -0.130. The number of rotatable bonds is 7. The molecule has 5 heteroatoms. The number of nitrogens with zero attached hydrogens (tertiary/aromatic N) is 1. The molecule has 1 unspecified atom stereocenters. The molecule has 0 aliphatic heterocycles. The summed E-state index contributed by atoms with van der Waals surface area (Å²) in [4.78, 5) is 13.7. The fourth-order valence-electron chi connectivity index (χ4n) is 1.16. The van der Waals surface area contributed by atoms with Crippen LogP contribution in [0.25, 0.3) is 0 Å². The van der Waals surface area contributed by atoms with Crippen LogP contribution < -0.4 is 5.73 Å². The van der Waals surface area contributed by atoms with Gasteiger partial charge >= 0.3 is 0 Å². The molecular formula is C10H20N2O2S. The van der Waals surface area contributed by atoms with E-state index in [4.69, 9.17) is 22.7 Å². The quantitative estimate of drug-likeness (QED) is 0.521. The molecule has 0 spiro atoms. The number of nitrogens with two attached hydrogens (primary N) is 1. The van der Waals surface area contributed by atoms with Gasteiger partial charge in [-0.3, -0.25) is 4.79 Å². The molecule has 2 N–H and O–H groups in total. The van der Waals surface area contributed by atoms with Crippen molar-refractivity contribution in [1.82, 2.24) is 4.90 Å². The summed E-state index contributed by atoms with van der Waals surface area (Å²) < 4.78 is 4.88. The molecule has 0 heterocycles. The minimum atomic E-state index is 0.0661. The van der Waals surface area contributed by atoms with E-state index < -0.39 is 0 Å². The first-order valence-electron chi connectivity index (χ1n) is 5.01. The van der Waals surface area contributed by atoms with Gasteiger partial charge in [0, 0.05) is 39.6 Å². The number of amides is 1. The molecule has 88 valence electrons. The molecule has 1 atom stereocenters. The number of hydrogen-bond acceptors (Lipinski definition) is 3. The maximum Gasteiger partial charge on any atom is 0.222 e. The highest BCUT2D eigenvalue weighted by atomic mass is 32.1. The van der Waals surface area contributed by atoms with E-state index in [0.29, 0.717) is 24.6 Å². The highest BCUT2D eigenvalue weighted by Gasteiger charge is 2.13. The van der Waals surface area contributed by atoms with Gasteiger partial charge < -0.3 is 15.4 Å². The molecule has 0 radical (unpaired) electrons. The van der Waals surface area contributed by atoms with Crippen LogP contribution in [0.4, 0.5) is 0 Å². The predicted molar refractivity (Wildman–Crippen MR) is 64.7 cm³/mol. The summed E-state index contributed by atoms with van der Waals surface area (Å²) in [6, 6.07) is 0. The molecule has 4 nitrogen and oxygen atoms in total. The Kier molecular flexibility index (Phi) is 7.25. The lowest BCUT2D eigenvalue weighted by Crippen LogP contribution is -2.35. The molecule has 0 aliphatic carbocycles. The molecule has 0 aromatic carbocycles. The summed E-state index contributed by atoms with van der Waals surface area (Å²) in [6.07, 6.45) is 1.26. The lowest BCUT2D eigenvalue weighted by Gasteiger charge is -2.20. The van der Waals surface area contributed by atoms with E-state index in [-0.39, 0.29) is 11.8 Å². The van der Waals surface area contributed by atoms with Crippen LogP contribution in [0.1, 0.15) is 19.8 Å². The smallest absolute Gasteiger partial charge is 0.222 e. The summed E-state index contributed by atoms with van der Waals surface area (Å²) >= 11 is 4.85. The van der Waals surface area contributed by atoms with Gasteiger partial charge in [0.15, 0.2) is 0 Å². The van der Waals surface area contributed by atoms with E-state index in [9.17, 15) is 4.79 Å². The first-order chi connectivity index (χ1) is 6.99. The number of carbonyl (C=O) groups excluding carboxylic acids is 1. The van der Waals surface area contributed by atoms with Crippen molar-refractivity contribution in [1.29, 1.82) is 0 Å². The fraction of sp³-hybridized carbons (Fsp3) is 0.800. The van der Waals surface area contributed by atoms with Crippen molar-refractivity contribution >= 4 is 23.1 Å². The maximum atomic E-state index is 11.6. The summed E-state index contributed by atoms with van der Waals surface area (Å²) in [7, 11) is 3.40. The third kappa shape index (κ3) is 6.41. The highest BCUT2D eigenvalue weighted by molar-refractivity contribution is 7.80. The zero-order valence-corrected chi connectivity index (χ0v) is 10.5. The van der Waals surface area contributed by atoms with Crippen LogP contribution in [-0.4, -0.2) is 43.1 Å². The van der Waals surface area contributed by atoms with Crippen LogP contribution >= 0.6 is 12.2 Å². The van der Waals surface area contributed by atoms with Crippen LogP contribution in [0.3, 0.4) is 0 Å². The maximum absolute atomic E-state index is 11.6. The van der Waals surface area contributed by atoms with Crippen molar-refractivity contribution in [2.45, 2.75) is 19.8 Å². The molecule has 0 saturated carbocycles. The monoisotopic (exact) mass is 232 g/mol. The molecular weight excluding hydrogens is 212 g/mol. The van der Waals surface area contributed by atoms with Gasteiger partial charge in [0.2, 0.25) is 5.91 Å². The van der Waals surface area contributed by atoms with E-state index in [2.05, 4.69) is 0 Å². The minimum absolute atomic E-state index is 0.0661. The number of ether oxygens (including phenoxy) is 1. The van der Waals surface area contributed by atoms with Gasteiger partial charge in [-0.15, -0.1) is 0 Å². The summed E-state index contributed by atoms with van der Waals surface area (Å²) in [5.41, 5.74) is 5.48. The largest absolute Gasteiger partial charge is 0.393 e. The first-order valence-corrected chi connectivity index (χ1v) is 5.42. The number of methoxy groups -OCH3 is 1. The Morgan fingerprint density at radius 1 is 1.60 bits per heavy atom. The normalized spacial score (nSPS) is 12.2. The zero-order chi connectivity index (χ0) is 11.8. The van der Waals surface area contributed by atoms with Gasteiger partial charge in [-0.25, -0.2) is 0 Å². The highest BCUT2D eigenvalue weighted by Crippen LogP contribution is 2.02. The molecule has 0 aromatic rings. The summed E-state index contributed by atoms with van der Waals surface area (Å²) in [6.45, 7) is 3.12. The van der Waals surface area contributed by atoms with Crippen molar-refractivity contribution in [2.24, 2.45) is 11.7 Å². The standard InChI is InChI=1S/C10H20N2O2S/c1-8(10(11)15)7-12(2)9(13)5-4-6-14-3/h8H,4-7H2,1-3H3,(H2,11,15). The fourth-order valence-corrected chi connectivity index (χ4v) is 1.24. The summed E-state index contributed by atoms with van der Waals surface area (Å²) in [5, 5.41) is 0. The predicted octanol–water partition coefficient (Wildman–Crippen LogP) is 0.794. The Labute approximate surface area is 96.8 Å². The van der Waals surface area contributed by atoms with Crippen molar-refractivity contribution in [3.63, 3.8) is 0 Å². The number of hydrogen-bond donors (Lipinski definition) is 1. The molecule has 0 rings (SSSR count). The molecule has 0 bridgehead atoms. The van der Waals surface area contributed by atoms with Crippen LogP contribution in [0, 0.1) is 5.92 Å². The Balaban J connectivity index is 3.83. The average Bonchev–Trinajstić information content (AvgIpc) is 2.17. The van der Waals surface area contributed by atoms with Gasteiger partial charge in [0.25, 0.3) is 0 Å². The first kappa shape index (κ1) is 14.3. The van der Waals surface area contributed by atoms with E-state index >= 15 is 0 Å². The third-order valence-electron chi connectivity index (χ3n) is 2.20. The van der Waals surface area contributed by atoms with Crippen LogP contribution in [0.2, 0.25) is 0 Å². The van der Waals surface area contributed by atoms with Crippen LogP contribution in [0.5, 0.6) is 0 Å². The van der Waals surface area contributed by atoms with Gasteiger partial charge in [0.1, 0.15) is 0 Å². The zero-order valence-electron chi connectivity index (χ0n) is 9.66. The molecule has 0 fully saturated rings. The van der Waals surface area contributed by atoms with E-state index in [1.165, 1.54) is 0 Å². The topological polar surface area (TPSA) is 55.6 Å². The van der Waals surface area contributed by atoms with Crippen molar-refractivity contribution in [3.05, 3.63) is 0 Å². The van der Waals surface area contributed by atoms with Crippen molar-refractivity contribution < 1.29 is 9.53 Å². The Morgan fingerprint density at radius 2 is 2.20 bits per heavy atom. The third-order valence-corrected chi connectivity index (χ3v) is 2.60. The Morgan fingerprint density at radius 3 is 2.67 bits per heavy atom. The lowest BCUT2D eigenvalue weighted by atomic mass is 10.1. The number of thiocarbonyl (C=S) groups is 1. The molecule has 0 aliphatic rings. The van der Waals surface area contributed by atoms with Gasteiger partial charge in [-0.05, 0) is 6.42 Å². The molecule has 0 saturated heterocycles. The summed E-state index contributed by atoms with van der Waals surface area (Å²) in [5.74, 6) is 0.173. The Hall–Kier alpha value is -0.680. The van der Waals surface area contributed by atoms with Crippen LogP contribution in [0.15, 0.2) is 0 Å². The molecule has 15 heavy (non-hydrogen) atoms. The second-order valence-corrected chi connectivity index (χ2v) is 4.15. The van der Waals surface area contributed by atoms with Crippen molar-refractivity contribution in [2.75, 3.05) is 27.3 Å². The van der Waals surface area contributed by atoms with Crippen molar-refractivity contribution in [3.8, 4) is 0 Å². The van der Waals surface area contributed by atoms with Gasteiger partial charge in [0.05, 0.1) is 4.99 Å². The average molecular weight is 232 g/mol. The van der Waals surface area contributed by atoms with E-state index in [1.807, 2.05) is 6.92 Å². The van der Waals surface area contributed by atoms with Gasteiger partial charge in [-0.1, -0.05) is 19.1 Å². The second-order valence-electron chi connectivity index (χ2n) is 3.67.